The Morgan fingerprint density at radius 3 is 2.62 bits per heavy atom. The Labute approximate surface area is 81.3 Å². The van der Waals surface area contributed by atoms with Crippen LogP contribution in [0, 0.1) is 34.5 Å². The molecule has 1 aliphatic rings. The maximum absolute atomic E-state index is 11.2. The first kappa shape index (κ1) is 9.63. The maximum atomic E-state index is 11.2. The molecule has 13 heavy (non-hydrogen) atoms. The third-order valence-electron chi connectivity index (χ3n) is 1.99. The fourth-order valence-electron chi connectivity index (χ4n) is 1.20. The van der Waals surface area contributed by atoms with Crippen molar-refractivity contribution in [1.82, 2.24) is 5.32 Å². The van der Waals surface area contributed by atoms with E-state index in [4.69, 9.17) is 10.5 Å². The molecule has 0 aromatic carbocycles. The molecule has 0 saturated carbocycles. The van der Waals surface area contributed by atoms with Crippen molar-refractivity contribution in [3.63, 3.8) is 0 Å². The Morgan fingerprint density at radius 2 is 2.15 bits per heavy atom. The molecule has 1 aliphatic heterocycles. The molecule has 0 aromatic heterocycles. The van der Waals surface area contributed by atoms with E-state index < -0.39 is 5.92 Å². The Balaban J connectivity index is 3.13. The van der Waals surface area contributed by atoms with Crippen molar-refractivity contribution in [1.29, 1.82) is 10.5 Å². The summed E-state index contributed by atoms with van der Waals surface area (Å²) < 4.78 is 0. The number of nitrogens with one attached hydrogen (secondary N) is 1. The third-order valence-corrected chi connectivity index (χ3v) is 2.35. The first-order chi connectivity index (χ1) is 6.11. The SMILES string of the molecule is C[C@@H]1C(C#N)=C(S)NC(=O)[C@H]1C#N. The highest BCUT2D eigenvalue weighted by molar-refractivity contribution is 7.84. The summed E-state index contributed by atoms with van der Waals surface area (Å²) in [5.74, 6) is -1.55. The van der Waals surface area contributed by atoms with Gasteiger partial charge in [0.1, 0.15) is 5.92 Å². The van der Waals surface area contributed by atoms with Crippen molar-refractivity contribution in [3.05, 3.63) is 10.6 Å². The zero-order valence-corrected chi connectivity index (χ0v) is 7.80. The lowest BCUT2D eigenvalue weighted by atomic mass is 9.86. The van der Waals surface area contributed by atoms with Crippen molar-refractivity contribution in [2.75, 3.05) is 0 Å². The number of thiol groups is 1. The molecule has 2 atom stereocenters. The fraction of sp³-hybridized carbons (Fsp3) is 0.375. The number of hydrogen-bond acceptors (Lipinski definition) is 4. The van der Waals surface area contributed by atoms with Gasteiger partial charge in [-0.2, -0.15) is 10.5 Å². The van der Waals surface area contributed by atoms with Gasteiger partial charge in [0.15, 0.2) is 0 Å². The lowest BCUT2D eigenvalue weighted by molar-refractivity contribution is -0.123. The molecule has 0 unspecified atom stereocenters. The Hall–Kier alpha value is -1.46. The summed E-state index contributed by atoms with van der Waals surface area (Å²) in [6.45, 7) is 1.67. The van der Waals surface area contributed by atoms with Gasteiger partial charge in [0, 0.05) is 5.92 Å². The molecular weight excluding hydrogens is 186 g/mol. The summed E-state index contributed by atoms with van der Waals surface area (Å²) >= 11 is 3.95. The largest absolute Gasteiger partial charge is 0.319 e. The molecule has 1 heterocycles. The van der Waals surface area contributed by atoms with Crippen LogP contribution in [0.4, 0.5) is 0 Å². The lowest BCUT2D eigenvalue weighted by Gasteiger charge is -2.23. The number of allylic oxidation sites excluding steroid dienone is 1. The molecule has 0 aliphatic carbocycles. The van der Waals surface area contributed by atoms with Crippen molar-refractivity contribution in [3.8, 4) is 12.1 Å². The first-order valence-corrected chi connectivity index (χ1v) is 4.10. The van der Waals surface area contributed by atoms with Gasteiger partial charge in [-0.25, -0.2) is 0 Å². The highest BCUT2D eigenvalue weighted by Crippen LogP contribution is 2.27. The minimum absolute atomic E-state index is 0.256. The zero-order chi connectivity index (χ0) is 10.0. The van der Waals surface area contributed by atoms with Crippen LogP contribution >= 0.6 is 12.6 Å². The van der Waals surface area contributed by atoms with Gasteiger partial charge >= 0.3 is 0 Å². The molecule has 0 radical (unpaired) electrons. The number of carbonyl (C=O) groups is 1. The number of nitriles is 2. The van der Waals surface area contributed by atoms with Gasteiger partial charge in [0.2, 0.25) is 5.91 Å². The van der Waals surface area contributed by atoms with Crippen molar-refractivity contribution in [2.24, 2.45) is 11.8 Å². The Morgan fingerprint density at radius 1 is 1.54 bits per heavy atom. The van der Waals surface area contributed by atoms with Gasteiger partial charge in [-0.15, -0.1) is 12.6 Å². The Bertz CT molecular complexity index is 361. The second kappa shape index (κ2) is 3.51. The monoisotopic (exact) mass is 193 g/mol. The molecule has 66 valence electrons. The van der Waals surface area contributed by atoms with E-state index in [1.54, 1.807) is 6.92 Å². The fourth-order valence-corrected chi connectivity index (χ4v) is 1.56. The van der Waals surface area contributed by atoms with Crippen LogP contribution in [-0.4, -0.2) is 5.91 Å². The van der Waals surface area contributed by atoms with Gasteiger partial charge in [-0.3, -0.25) is 4.79 Å². The predicted molar refractivity (Wildman–Crippen MR) is 48.0 cm³/mol. The van der Waals surface area contributed by atoms with Gasteiger partial charge in [-0.05, 0) is 0 Å². The van der Waals surface area contributed by atoms with Crippen LogP contribution in [0.2, 0.25) is 0 Å². The molecule has 0 fully saturated rings. The average Bonchev–Trinajstić information content (AvgIpc) is 2.04. The Kier molecular flexibility index (Phi) is 2.60. The summed E-state index contributed by atoms with van der Waals surface area (Å²) in [7, 11) is 0. The van der Waals surface area contributed by atoms with Crippen molar-refractivity contribution in [2.45, 2.75) is 6.92 Å². The van der Waals surface area contributed by atoms with Crippen molar-refractivity contribution < 1.29 is 4.79 Å². The topological polar surface area (TPSA) is 76.7 Å². The minimum Gasteiger partial charge on any atom is -0.319 e. The smallest absolute Gasteiger partial charge is 0.242 e. The van der Waals surface area contributed by atoms with E-state index in [1.165, 1.54) is 0 Å². The van der Waals surface area contributed by atoms with E-state index in [1.807, 2.05) is 12.1 Å². The number of hydrogen-bond donors (Lipinski definition) is 2. The quantitative estimate of drug-likeness (QED) is 0.552. The molecule has 0 saturated heterocycles. The van der Waals surface area contributed by atoms with E-state index in [0.717, 1.165) is 0 Å². The van der Waals surface area contributed by atoms with Crippen LogP contribution in [0.5, 0.6) is 0 Å². The molecule has 0 bridgehead atoms. The predicted octanol–water partition coefficient (Wildman–Crippen LogP) is 0.557. The molecule has 1 rings (SSSR count). The number of rotatable bonds is 0. The third kappa shape index (κ3) is 1.51. The molecule has 0 spiro atoms. The first-order valence-electron chi connectivity index (χ1n) is 3.65. The summed E-state index contributed by atoms with van der Waals surface area (Å²) in [5.41, 5.74) is 0.356. The standard InChI is InChI=1S/C8H7N3OS/c1-4-5(2-9)7(12)11-8(13)6(4)3-10/h4-5,13H,1H3,(H,11,12)/t4-,5-/m0/s1. The van der Waals surface area contributed by atoms with Gasteiger partial charge in [0.05, 0.1) is 22.7 Å². The van der Waals surface area contributed by atoms with E-state index in [2.05, 4.69) is 17.9 Å². The van der Waals surface area contributed by atoms with Crippen molar-refractivity contribution >= 4 is 18.5 Å². The lowest BCUT2D eigenvalue weighted by Crippen LogP contribution is -2.38. The summed E-state index contributed by atoms with van der Waals surface area (Å²) in [6.07, 6.45) is 0. The van der Waals surface area contributed by atoms with E-state index in [0.29, 0.717) is 5.57 Å². The molecule has 1 N–H and O–H groups in total. The van der Waals surface area contributed by atoms with Crippen LogP contribution in [0.1, 0.15) is 6.92 Å². The van der Waals surface area contributed by atoms with Gasteiger partial charge in [0.25, 0.3) is 0 Å². The highest BCUT2D eigenvalue weighted by atomic mass is 32.1. The molecule has 0 aromatic rings. The number of amides is 1. The van der Waals surface area contributed by atoms with Crippen LogP contribution in [0.15, 0.2) is 10.6 Å². The van der Waals surface area contributed by atoms with E-state index in [-0.39, 0.29) is 16.9 Å². The molecule has 4 nitrogen and oxygen atoms in total. The number of nitrogens with zero attached hydrogens (tertiary/aromatic N) is 2. The summed E-state index contributed by atoms with van der Waals surface area (Å²) in [6, 6.07) is 3.78. The summed E-state index contributed by atoms with van der Waals surface area (Å²) in [5, 5.41) is 20.0. The second-order valence-corrected chi connectivity index (χ2v) is 3.21. The molecule has 5 heteroatoms. The molecule has 1 amide bonds. The van der Waals surface area contributed by atoms with Crippen LogP contribution in [0.3, 0.4) is 0 Å². The van der Waals surface area contributed by atoms with Crippen LogP contribution in [-0.2, 0) is 4.79 Å². The summed E-state index contributed by atoms with van der Waals surface area (Å²) in [4.78, 5) is 11.2. The highest BCUT2D eigenvalue weighted by Gasteiger charge is 2.33. The second-order valence-electron chi connectivity index (χ2n) is 2.76. The van der Waals surface area contributed by atoms with Crippen LogP contribution in [0.25, 0.3) is 0 Å². The van der Waals surface area contributed by atoms with Gasteiger partial charge in [-0.1, -0.05) is 6.92 Å². The van der Waals surface area contributed by atoms with E-state index >= 15 is 0 Å². The molecular formula is C8H7N3OS. The minimum atomic E-state index is -0.787. The zero-order valence-electron chi connectivity index (χ0n) is 6.90. The average molecular weight is 193 g/mol. The maximum Gasteiger partial charge on any atom is 0.242 e. The number of carbonyl (C=O) groups excluding carboxylic acids is 1. The normalized spacial score (nSPS) is 27.5. The van der Waals surface area contributed by atoms with Gasteiger partial charge < -0.3 is 5.32 Å². The van der Waals surface area contributed by atoms with E-state index in [9.17, 15) is 4.79 Å². The van der Waals surface area contributed by atoms with Crippen LogP contribution < -0.4 is 5.32 Å².